The van der Waals surface area contributed by atoms with Crippen LogP contribution in [0.4, 0.5) is 0 Å². The molecule has 1 aliphatic carbocycles. The number of aromatic nitrogens is 1. The van der Waals surface area contributed by atoms with Crippen LogP contribution in [-0.4, -0.2) is 10.1 Å². The quantitative estimate of drug-likeness (QED) is 0.690. The highest BCUT2D eigenvalue weighted by molar-refractivity contribution is 5.25. The van der Waals surface area contributed by atoms with Crippen LogP contribution in [0, 0.1) is 0 Å². The second-order valence-electron chi connectivity index (χ2n) is 2.98. The minimum Gasteiger partial charge on any atom is -0.392 e. The van der Waals surface area contributed by atoms with E-state index in [1.54, 1.807) is 6.20 Å². The standard InChI is InChI=1S/C9H11NO/c11-6-8-2-1-5-10-9(8)7-3-4-7/h1-2,5,7,11H,3-4,6H2. The first-order valence-corrected chi connectivity index (χ1v) is 3.96. The van der Waals surface area contributed by atoms with Crippen molar-refractivity contribution in [2.75, 3.05) is 0 Å². The predicted molar refractivity (Wildman–Crippen MR) is 42.1 cm³/mol. The number of nitrogens with zero attached hydrogens (tertiary/aromatic N) is 1. The van der Waals surface area contributed by atoms with Crippen molar-refractivity contribution < 1.29 is 5.11 Å². The van der Waals surface area contributed by atoms with Gasteiger partial charge in [-0.05, 0) is 24.5 Å². The van der Waals surface area contributed by atoms with Gasteiger partial charge in [0.2, 0.25) is 0 Å². The highest BCUT2D eigenvalue weighted by Gasteiger charge is 2.26. The Bertz CT molecular complexity index is 255. The predicted octanol–water partition coefficient (Wildman–Crippen LogP) is 1.45. The van der Waals surface area contributed by atoms with Crippen molar-refractivity contribution in [2.45, 2.75) is 25.4 Å². The molecule has 1 N–H and O–H groups in total. The Labute approximate surface area is 65.9 Å². The van der Waals surface area contributed by atoms with Gasteiger partial charge in [-0.2, -0.15) is 0 Å². The van der Waals surface area contributed by atoms with E-state index in [2.05, 4.69) is 4.98 Å². The van der Waals surface area contributed by atoms with E-state index >= 15 is 0 Å². The second kappa shape index (κ2) is 2.62. The van der Waals surface area contributed by atoms with Crippen LogP contribution in [0.5, 0.6) is 0 Å². The Morgan fingerprint density at radius 1 is 1.55 bits per heavy atom. The van der Waals surface area contributed by atoms with E-state index in [0.29, 0.717) is 5.92 Å². The van der Waals surface area contributed by atoms with Gasteiger partial charge in [-0.1, -0.05) is 6.07 Å². The average molecular weight is 149 g/mol. The summed E-state index contributed by atoms with van der Waals surface area (Å²) in [5.41, 5.74) is 2.10. The summed E-state index contributed by atoms with van der Waals surface area (Å²) in [5, 5.41) is 8.96. The lowest BCUT2D eigenvalue weighted by Gasteiger charge is -2.02. The van der Waals surface area contributed by atoms with Crippen molar-refractivity contribution >= 4 is 0 Å². The fourth-order valence-corrected chi connectivity index (χ4v) is 1.31. The van der Waals surface area contributed by atoms with Gasteiger partial charge in [0, 0.05) is 17.8 Å². The van der Waals surface area contributed by atoms with Gasteiger partial charge in [-0.15, -0.1) is 0 Å². The molecule has 1 aromatic heterocycles. The molecule has 0 radical (unpaired) electrons. The molecule has 1 heterocycles. The minimum absolute atomic E-state index is 0.125. The smallest absolute Gasteiger partial charge is 0.0699 e. The van der Waals surface area contributed by atoms with Crippen LogP contribution in [0.25, 0.3) is 0 Å². The zero-order chi connectivity index (χ0) is 7.68. The van der Waals surface area contributed by atoms with Gasteiger partial charge in [0.15, 0.2) is 0 Å². The molecule has 1 fully saturated rings. The summed E-state index contributed by atoms with van der Waals surface area (Å²) in [5.74, 6) is 0.637. The van der Waals surface area contributed by atoms with Crippen LogP contribution in [0.3, 0.4) is 0 Å². The topological polar surface area (TPSA) is 33.1 Å². The van der Waals surface area contributed by atoms with Gasteiger partial charge in [-0.3, -0.25) is 4.98 Å². The molecule has 0 amide bonds. The number of aliphatic hydroxyl groups is 1. The number of rotatable bonds is 2. The summed E-state index contributed by atoms with van der Waals surface area (Å²) in [6, 6.07) is 3.82. The Morgan fingerprint density at radius 3 is 3.00 bits per heavy atom. The van der Waals surface area contributed by atoms with Crippen LogP contribution >= 0.6 is 0 Å². The molecule has 1 aromatic rings. The van der Waals surface area contributed by atoms with Gasteiger partial charge in [-0.25, -0.2) is 0 Å². The minimum atomic E-state index is 0.125. The molecule has 2 rings (SSSR count). The van der Waals surface area contributed by atoms with Crippen LogP contribution in [0.1, 0.15) is 30.0 Å². The molecular formula is C9H11NO. The number of aliphatic hydroxyl groups excluding tert-OH is 1. The Balaban J connectivity index is 2.34. The van der Waals surface area contributed by atoms with Crippen LogP contribution in [-0.2, 0) is 6.61 Å². The normalized spacial score (nSPS) is 16.8. The van der Waals surface area contributed by atoms with Gasteiger partial charge < -0.3 is 5.11 Å². The van der Waals surface area contributed by atoms with E-state index in [1.165, 1.54) is 12.8 Å². The average Bonchev–Trinajstić information content (AvgIpc) is 2.87. The van der Waals surface area contributed by atoms with E-state index in [4.69, 9.17) is 5.11 Å². The molecule has 0 bridgehead atoms. The molecule has 1 aliphatic rings. The molecular weight excluding hydrogens is 138 g/mol. The largest absolute Gasteiger partial charge is 0.392 e. The second-order valence-corrected chi connectivity index (χ2v) is 2.98. The molecule has 0 saturated heterocycles. The molecule has 0 aromatic carbocycles. The maximum Gasteiger partial charge on any atom is 0.0699 e. The van der Waals surface area contributed by atoms with Gasteiger partial charge >= 0.3 is 0 Å². The van der Waals surface area contributed by atoms with E-state index in [1.807, 2.05) is 12.1 Å². The van der Waals surface area contributed by atoms with Gasteiger partial charge in [0.25, 0.3) is 0 Å². The third-order valence-electron chi connectivity index (χ3n) is 2.06. The van der Waals surface area contributed by atoms with E-state index in [-0.39, 0.29) is 6.61 Å². The van der Waals surface area contributed by atoms with Crippen LogP contribution in [0.15, 0.2) is 18.3 Å². The number of pyridine rings is 1. The molecule has 0 aliphatic heterocycles. The zero-order valence-corrected chi connectivity index (χ0v) is 6.33. The van der Waals surface area contributed by atoms with E-state index in [0.717, 1.165) is 11.3 Å². The summed E-state index contributed by atoms with van der Waals surface area (Å²) in [7, 11) is 0. The third-order valence-corrected chi connectivity index (χ3v) is 2.06. The van der Waals surface area contributed by atoms with E-state index in [9.17, 15) is 0 Å². The van der Waals surface area contributed by atoms with Crippen molar-refractivity contribution in [1.29, 1.82) is 0 Å². The summed E-state index contributed by atoms with van der Waals surface area (Å²) < 4.78 is 0. The highest BCUT2D eigenvalue weighted by atomic mass is 16.3. The molecule has 2 nitrogen and oxygen atoms in total. The van der Waals surface area contributed by atoms with Gasteiger partial charge in [0.05, 0.1) is 6.61 Å². The lowest BCUT2D eigenvalue weighted by atomic mass is 10.1. The summed E-state index contributed by atoms with van der Waals surface area (Å²) >= 11 is 0. The highest BCUT2D eigenvalue weighted by Crippen LogP contribution is 2.40. The Kier molecular flexibility index (Phi) is 1.62. The molecule has 1 saturated carbocycles. The maximum atomic E-state index is 8.96. The molecule has 2 heteroatoms. The zero-order valence-electron chi connectivity index (χ0n) is 6.33. The lowest BCUT2D eigenvalue weighted by Crippen LogP contribution is -1.94. The van der Waals surface area contributed by atoms with Crippen LogP contribution in [0.2, 0.25) is 0 Å². The van der Waals surface area contributed by atoms with Crippen molar-refractivity contribution in [3.8, 4) is 0 Å². The first-order chi connectivity index (χ1) is 5.42. The van der Waals surface area contributed by atoms with Crippen molar-refractivity contribution in [2.24, 2.45) is 0 Å². The first-order valence-electron chi connectivity index (χ1n) is 3.96. The monoisotopic (exact) mass is 149 g/mol. The molecule has 58 valence electrons. The lowest BCUT2D eigenvalue weighted by molar-refractivity contribution is 0.280. The van der Waals surface area contributed by atoms with Crippen molar-refractivity contribution in [3.05, 3.63) is 29.6 Å². The third kappa shape index (κ3) is 1.26. The number of hydrogen-bond acceptors (Lipinski definition) is 2. The van der Waals surface area contributed by atoms with Gasteiger partial charge in [0.1, 0.15) is 0 Å². The molecule has 0 unspecified atom stereocenters. The fourth-order valence-electron chi connectivity index (χ4n) is 1.31. The first kappa shape index (κ1) is 6.80. The fraction of sp³-hybridized carbons (Fsp3) is 0.444. The molecule has 11 heavy (non-hydrogen) atoms. The summed E-state index contributed by atoms with van der Waals surface area (Å²) in [4.78, 5) is 4.25. The Morgan fingerprint density at radius 2 is 2.36 bits per heavy atom. The van der Waals surface area contributed by atoms with E-state index < -0.39 is 0 Å². The molecule has 0 spiro atoms. The summed E-state index contributed by atoms with van der Waals surface area (Å²) in [6.45, 7) is 0.125. The van der Waals surface area contributed by atoms with Crippen LogP contribution < -0.4 is 0 Å². The number of hydrogen-bond donors (Lipinski definition) is 1. The summed E-state index contributed by atoms with van der Waals surface area (Å²) in [6.07, 6.45) is 4.28. The molecule has 0 atom stereocenters. The van der Waals surface area contributed by atoms with Crippen molar-refractivity contribution in [1.82, 2.24) is 4.98 Å². The maximum absolute atomic E-state index is 8.96. The van der Waals surface area contributed by atoms with Crippen molar-refractivity contribution in [3.63, 3.8) is 0 Å². The Hall–Kier alpha value is -0.890. The SMILES string of the molecule is OCc1cccnc1C1CC1.